The topological polar surface area (TPSA) is 269 Å². The second-order valence-corrected chi connectivity index (χ2v) is 13.9. The third-order valence-electron chi connectivity index (χ3n) is 6.16. The van der Waals surface area contributed by atoms with E-state index >= 15 is 0 Å². The lowest BCUT2D eigenvalue weighted by Gasteiger charge is -2.15. The Kier molecular flexibility index (Phi) is 11.7. The highest BCUT2D eigenvalue weighted by Gasteiger charge is 2.22. The van der Waals surface area contributed by atoms with Gasteiger partial charge in [-0.25, -0.2) is 14.2 Å². The predicted molar refractivity (Wildman–Crippen MR) is 187 cm³/mol. The molecule has 0 aliphatic carbocycles. The van der Waals surface area contributed by atoms with Crippen molar-refractivity contribution in [1.29, 1.82) is 0 Å². The molecule has 4 rings (SSSR count). The molecule has 0 amide bonds. The smallest absolute Gasteiger partial charge is 0.323 e. The summed E-state index contributed by atoms with van der Waals surface area (Å²) < 4.78 is 122. The average molecular weight is 772 g/mol. The third kappa shape index (κ3) is 10.8. The van der Waals surface area contributed by atoms with Crippen LogP contribution in [-0.4, -0.2) is 82.9 Å². The Bertz CT molecular complexity index is 2060. The van der Waals surface area contributed by atoms with E-state index in [1.807, 2.05) is 14.2 Å². The van der Waals surface area contributed by atoms with Crippen molar-refractivity contribution >= 4 is 65.5 Å². The normalized spacial score (nSPS) is 11.4. The van der Waals surface area contributed by atoms with Gasteiger partial charge < -0.3 is 28.4 Å². The first kappa shape index (κ1) is 37.9. The van der Waals surface area contributed by atoms with Gasteiger partial charge in [-0.15, -0.1) is 0 Å². The van der Waals surface area contributed by atoms with Crippen LogP contribution in [0.1, 0.15) is 0 Å². The lowest BCUT2D eigenvalue weighted by atomic mass is 10.3. The summed E-state index contributed by atoms with van der Waals surface area (Å²) in [6, 6.07) is 12.5. The minimum atomic E-state index is -4.59. The van der Waals surface area contributed by atoms with Gasteiger partial charge in [0.2, 0.25) is 17.8 Å². The Labute approximate surface area is 293 Å². The summed E-state index contributed by atoms with van der Waals surface area (Å²) in [5.41, 5.74) is 0.00480. The maximum Gasteiger partial charge on any atom is 0.323 e. The molecule has 0 aliphatic heterocycles. The SMILES string of the molecule is COc1cc(NS(=O)(=O)Nc2nc(NS(=O)(=O)Nc3cc(OC)cc(OC)c3)nc(NS(=O)(=O)Nc3ccc(OC)c(OC)c3)n2)cc(OC)c1. The van der Waals surface area contributed by atoms with E-state index in [9.17, 15) is 25.3 Å². The van der Waals surface area contributed by atoms with Crippen molar-refractivity contribution in [3.8, 4) is 34.5 Å². The van der Waals surface area contributed by atoms with Crippen molar-refractivity contribution in [1.82, 2.24) is 15.0 Å². The Hall–Kier alpha value is -5.88. The molecule has 0 radical (unpaired) electrons. The molecular weight excluding hydrogens is 739 g/mol. The van der Waals surface area contributed by atoms with Crippen molar-refractivity contribution in [2.75, 3.05) is 71.0 Å². The molecule has 0 saturated heterocycles. The molecule has 21 nitrogen and oxygen atoms in total. The molecule has 0 saturated carbocycles. The molecule has 0 atom stereocenters. The van der Waals surface area contributed by atoms with Crippen molar-refractivity contribution < 1.29 is 53.7 Å². The molecule has 276 valence electrons. The van der Waals surface area contributed by atoms with E-state index in [4.69, 9.17) is 28.4 Å². The zero-order valence-corrected chi connectivity index (χ0v) is 30.1. The second kappa shape index (κ2) is 15.8. The van der Waals surface area contributed by atoms with Crippen molar-refractivity contribution in [2.45, 2.75) is 0 Å². The monoisotopic (exact) mass is 771 g/mol. The van der Waals surface area contributed by atoms with Crippen LogP contribution in [-0.2, 0) is 30.6 Å². The Balaban J connectivity index is 1.68. The van der Waals surface area contributed by atoms with Crippen LogP contribution < -0.4 is 56.8 Å². The number of rotatable bonds is 18. The first-order chi connectivity index (χ1) is 24.1. The first-order valence-corrected chi connectivity index (χ1v) is 18.4. The van der Waals surface area contributed by atoms with E-state index in [1.165, 1.54) is 97.3 Å². The third-order valence-corrected chi connectivity index (χ3v) is 9.02. The quantitative estimate of drug-likeness (QED) is 0.0847. The number of hydrogen-bond acceptors (Lipinski definition) is 15. The van der Waals surface area contributed by atoms with Gasteiger partial charge in [-0.05, 0) is 12.1 Å². The van der Waals surface area contributed by atoms with Gasteiger partial charge in [0.05, 0.1) is 59.7 Å². The zero-order chi connectivity index (χ0) is 37.4. The summed E-state index contributed by atoms with van der Waals surface area (Å²) in [6.07, 6.45) is 0. The number of anilines is 6. The molecule has 0 aliphatic rings. The van der Waals surface area contributed by atoms with Gasteiger partial charge in [0.25, 0.3) is 0 Å². The number of aromatic nitrogens is 3. The largest absolute Gasteiger partial charge is 0.497 e. The van der Waals surface area contributed by atoms with E-state index in [1.54, 1.807) is 0 Å². The number of benzene rings is 3. The maximum absolute atomic E-state index is 13.1. The van der Waals surface area contributed by atoms with Gasteiger partial charge in [-0.2, -0.15) is 40.2 Å². The van der Waals surface area contributed by atoms with E-state index in [0.717, 1.165) is 0 Å². The summed E-state index contributed by atoms with van der Waals surface area (Å²) in [4.78, 5) is 11.4. The van der Waals surface area contributed by atoms with Gasteiger partial charge >= 0.3 is 30.6 Å². The molecule has 0 fully saturated rings. The van der Waals surface area contributed by atoms with Crippen LogP contribution in [0.3, 0.4) is 0 Å². The second-order valence-electron chi connectivity index (χ2n) is 9.70. The summed E-state index contributed by atoms with van der Waals surface area (Å²) in [5, 5.41) is 0. The molecule has 0 unspecified atom stereocenters. The summed E-state index contributed by atoms with van der Waals surface area (Å²) in [6.45, 7) is 0. The fourth-order valence-corrected chi connectivity index (χ4v) is 6.49. The van der Waals surface area contributed by atoms with Crippen LogP contribution in [0.2, 0.25) is 0 Å². The molecule has 0 bridgehead atoms. The van der Waals surface area contributed by atoms with Crippen LogP contribution in [0.15, 0.2) is 54.6 Å². The van der Waals surface area contributed by atoms with E-state index in [2.05, 4.69) is 29.1 Å². The predicted octanol–water partition coefficient (Wildman–Crippen LogP) is 2.23. The minimum absolute atomic E-state index is 0.00774. The van der Waals surface area contributed by atoms with Crippen LogP contribution in [0, 0.1) is 0 Å². The number of nitrogens with one attached hydrogen (secondary N) is 6. The lowest BCUT2D eigenvalue weighted by Crippen LogP contribution is -2.27. The van der Waals surface area contributed by atoms with E-state index in [-0.39, 0.29) is 45.8 Å². The van der Waals surface area contributed by atoms with Crippen LogP contribution in [0.4, 0.5) is 34.9 Å². The fourth-order valence-electron chi connectivity index (χ4n) is 4.05. The Morgan fingerprint density at radius 1 is 0.392 bits per heavy atom. The standard InChI is InChI=1S/C27H33N9O12S3/c1-43-19-9-17(10-20(14-19)44-2)32-50(39,40)35-26-28-25(34-49(37,38)31-16-7-8-23(47-5)24(13-16)48-6)29-27(30-26)36-51(41,42)33-18-11-21(45-3)15-22(12-18)46-4/h7-15,31-33H,1-6H3,(H3,28,29,30,34,35,36). The molecule has 4 aromatic rings. The summed E-state index contributed by atoms with van der Waals surface area (Å²) in [5.74, 6) is -0.886. The van der Waals surface area contributed by atoms with E-state index < -0.39 is 48.5 Å². The van der Waals surface area contributed by atoms with Gasteiger partial charge in [0, 0.05) is 42.5 Å². The Morgan fingerprint density at radius 3 is 1.04 bits per heavy atom. The van der Waals surface area contributed by atoms with E-state index in [0.29, 0.717) is 5.75 Å². The Morgan fingerprint density at radius 2 is 0.725 bits per heavy atom. The number of methoxy groups -OCH3 is 6. The lowest BCUT2D eigenvalue weighted by molar-refractivity contribution is 0.355. The van der Waals surface area contributed by atoms with Crippen molar-refractivity contribution in [3.05, 3.63) is 54.6 Å². The molecule has 0 spiro atoms. The summed E-state index contributed by atoms with van der Waals surface area (Å²) >= 11 is 0. The highest BCUT2D eigenvalue weighted by Crippen LogP contribution is 2.31. The average Bonchev–Trinajstić information content (AvgIpc) is 3.06. The van der Waals surface area contributed by atoms with Gasteiger partial charge in [0.15, 0.2) is 11.5 Å². The van der Waals surface area contributed by atoms with Crippen LogP contribution >= 0.6 is 0 Å². The van der Waals surface area contributed by atoms with Crippen LogP contribution in [0.5, 0.6) is 34.5 Å². The molecule has 51 heavy (non-hydrogen) atoms. The maximum atomic E-state index is 13.1. The van der Waals surface area contributed by atoms with Gasteiger partial charge in [-0.3, -0.25) is 14.2 Å². The molecule has 6 N–H and O–H groups in total. The minimum Gasteiger partial charge on any atom is -0.497 e. The van der Waals surface area contributed by atoms with Gasteiger partial charge in [-0.1, -0.05) is 0 Å². The van der Waals surface area contributed by atoms with Crippen LogP contribution in [0.25, 0.3) is 0 Å². The number of hydrogen-bond donors (Lipinski definition) is 6. The number of ether oxygens (including phenoxy) is 6. The van der Waals surface area contributed by atoms with Crippen molar-refractivity contribution in [2.24, 2.45) is 0 Å². The first-order valence-electron chi connectivity index (χ1n) is 13.9. The molecule has 1 aromatic heterocycles. The fraction of sp³-hybridized carbons (Fsp3) is 0.222. The summed E-state index contributed by atoms with van der Waals surface area (Å²) in [7, 11) is -5.55. The highest BCUT2D eigenvalue weighted by atomic mass is 32.2. The molecule has 3 aromatic carbocycles. The highest BCUT2D eigenvalue weighted by molar-refractivity contribution is 7.94. The molecule has 1 heterocycles. The molecule has 24 heteroatoms. The van der Waals surface area contributed by atoms with Gasteiger partial charge in [0.1, 0.15) is 23.0 Å². The number of nitrogens with zero attached hydrogens (tertiary/aromatic N) is 3. The molecular formula is C27H33N9O12S3. The zero-order valence-electron chi connectivity index (χ0n) is 27.7. The van der Waals surface area contributed by atoms with Crippen molar-refractivity contribution in [3.63, 3.8) is 0 Å².